The summed E-state index contributed by atoms with van der Waals surface area (Å²) in [7, 11) is -5.65. The van der Waals surface area contributed by atoms with Crippen LogP contribution in [0.3, 0.4) is 0 Å². The minimum absolute atomic E-state index is 0.188. The van der Waals surface area contributed by atoms with Gasteiger partial charge in [0.15, 0.2) is 0 Å². The molecule has 0 rings (SSSR count). The Morgan fingerprint density at radius 1 is 1.00 bits per heavy atom. The zero-order valence-corrected chi connectivity index (χ0v) is 16.0. The van der Waals surface area contributed by atoms with Crippen LogP contribution >= 0.6 is 7.60 Å². The van der Waals surface area contributed by atoms with Crippen LogP contribution < -0.4 is 0 Å². The Hall–Kier alpha value is 0.287. The highest BCUT2D eigenvalue weighted by molar-refractivity contribution is 7.54. The summed E-state index contributed by atoms with van der Waals surface area (Å²) in [6, 6.07) is 0.786. The minimum Gasteiger partial charge on any atom is -0.395 e. The van der Waals surface area contributed by atoms with Gasteiger partial charge in [0.2, 0.25) is 0 Å². The van der Waals surface area contributed by atoms with Crippen LogP contribution in [0.1, 0.15) is 48.5 Å². The Bertz CT molecular complexity index is 310. The average molecular weight is 326 g/mol. The summed E-state index contributed by atoms with van der Waals surface area (Å²) >= 11 is 0. The maximum atomic E-state index is 12.9. The van der Waals surface area contributed by atoms with E-state index in [2.05, 4.69) is 0 Å². The Morgan fingerprint density at radius 2 is 1.45 bits per heavy atom. The lowest BCUT2D eigenvalue weighted by atomic mass is 10.5. The minimum atomic E-state index is -3.32. The predicted molar refractivity (Wildman–Crippen MR) is 84.3 cm³/mol. The van der Waals surface area contributed by atoms with Crippen LogP contribution in [0.15, 0.2) is 0 Å². The maximum absolute atomic E-state index is 12.9. The third-order valence-electron chi connectivity index (χ3n) is 2.67. The molecule has 0 amide bonds. The van der Waals surface area contributed by atoms with Crippen molar-refractivity contribution in [1.82, 2.24) is 0 Å². The van der Waals surface area contributed by atoms with Crippen LogP contribution in [0.25, 0.3) is 0 Å². The van der Waals surface area contributed by atoms with Gasteiger partial charge < -0.3 is 17.9 Å². The summed E-state index contributed by atoms with van der Waals surface area (Å²) in [5.74, 6) is -0.629. The van der Waals surface area contributed by atoms with Crippen LogP contribution in [0.5, 0.6) is 0 Å². The molecule has 0 fully saturated rings. The quantitative estimate of drug-likeness (QED) is 0.436. The molecule has 0 N–H and O–H groups in total. The molecule has 0 aliphatic carbocycles. The SMILES string of the molecule is CCO[Si](C)(CC)OC(C)P(=O)(OC(C)C)OC(C)C. The summed E-state index contributed by atoms with van der Waals surface area (Å²) in [6.07, 6.45) is -0.375. The first-order valence-electron chi connectivity index (χ1n) is 7.36. The first-order valence-corrected chi connectivity index (χ1v) is 11.5. The van der Waals surface area contributed by atoms with E-state index in [4.69, 9.17) is 17.9 Å². The van der Waals surface area contributed by atoms with Crippen molar-refractivity contribution in [2.75, 3.05) is 6.61 Å². The molecule has 0 saturated heterocycles. The van der Waals surface area contributed by atoms with E-state index in [1.165, 1.54) is 0 Å². The summed E-state index contributed by atoms with van der Waals surface area (Å²) < 4.78 is 35.8. The van der Waals surface area contributed by atoms with Gasteiger partial charge >= 0.3 is 16.2 Å². The van der Waals surface area contributed by atoms with Crippen molar-refractivity contribution < 1.29 is 22.5 Å². The second-order valence-electron chi connectivity index (χ2n) is 5.49. The highest BCUT2D eigenvalue weighted by Crippen LogP contribution is 2.56. The largest absolute Gasteiger partial charge is 0.395 e. The molecule has 122 valence electrons. The standard InChI is InChI=1S/C13H31O5PSi/c1-9-15-20(8,10-2)18-13(7)19(14,16-11(3)4)17-12(5)6/h11-13H,9-10H2,1-8H3. The molecule has 20 heavy (non-hydrogen) atoms. The molecule has 0 aliphatic rings. The van der Waals surface area contributed by atoms with E-state index in [1.807, 2.05) is 48.1 Å². The van der Waals surface area contributed by atoms with Crippen molar-refractivity contribution >= 4 is 16.2 Å². The zero-order chi connectivity index (χ0) is 16.0. The third kappa shape index (κ3) is 6.83. The fourth-order valence-electron chi connectivity index (χ4n) is 1.73. The average Bonchev–Trinajstić information content (AvgIpc) is 2.26. The molecule has 5 nitrogen and oxygen atoms in total. The lowest BCUT2D eigenvalue weighted by Crippen LogP contribution is -2.41. The number of hydrogen-bond donors (Lipinski definition) is 0. The van der Waals surface area contributed by atoms with E-state index in [-0.39, 0.29) is 12.2 Å². The van der Waals surface area contributed by atoms with Crippen LogP contribution in [0.2, 0.25) is 12.6 Å². The monoisotopic (exact) mass is 326 g/mol. The van der Waals surface area contributed by atoms with Gasteiger partial charge in [0.25, 0.3) is 0 Å². The van der Waals surface area contributed by atoms with E-state index in [9.17, 15) is 4.57 Å². The van der Waals surface area contributed by atoms with Crippen molar-refractivity contribution in [2.45, 2.75) is 79.1 Å². The molecule has 0 aromatic heterocycles. The first kappa shape index (κ1) is 20.3. The molecule has 2 unspecified atom stereocenters. The Morgan fingerprint density at radius 3 is 1.75 bits per heavy atom. The molecule has 0 heterocycles. The zero-order valence-electron chi connectivity index (χ0n) is 14.1. The highest BCUT2D eigenvalue weighted by atomic mass is 31.2. The van der Waals surface area contributed by atoms with Crippen molar-refractivity contribution in [3.05, 3.63) is 0 Å². The number of rotatable bonds is 10. The lowest BCUT2D eigenvalue weighted by molar-refractivity contribution is 0.0941. The van der Waals surface area contributed by atoms with Gasteiger partial charge in [-0.05, 0) is 54.1 Å². The van der Waals surface area contributed by atoms with E-state index in [0.717, 1.165) is 6.04 Å². The van der Waals surface area contributed by atoms with Crippen molar-refractivity contribution in [1.29, 1.82) is 0 Å². The van der Waals surface area contributed by atoms with E-state index < -0.39 is 22.0 Å². The van der Waals surface area contributed by atoms with Crippen molar-refractivity contribution in [2.24, 2.45) is 0 Å². The maximum Gasteiger partial charge on any atom is 0.358 e. The molecule has 0 spiro atoms. The van der Waals surface area contributed by atoms with Gasteiger partial charge in [-0.3, -0.25) is 4.57 Å². The molecule has 0 saturated carbocycles. The van der Waals surface area contributed by atoms with Gasteiger partial charge in [0.05, 0.1) is 12.2 Å². The fraction of sp³-hybridized carbons (Fsp3) is 1.00. The highest BCUT2D eigenvalue weighted by Gasteiger charge is 2.41. The van der Waals surface area contributed by atoms with Crippen LogP contribution in [-0.2, 0) is 22.5 Å². The second-order valence-corrected chi connectivity index (χ2v) is 11.2. The lowest BCUT2D eigenvalue weighted by Gasteiger charge is -2.33. The normalized spacial score (nSPS) is 17.5. The predicted octanol–water partition coefficient (Wildman–Crippen LogP) is 4.52. The van der Waals surface area contributed by atoms with Gasteiger partial charge in [-0.15, -0.1) is 0 Å². The summed E-state index contributed by atoms with van der Waals surface area (Å²) in [5, 5.41) is 0. The molecule has 0 radical (unpaired) electrons. The Kier molecular flexibility index (Phi) is 8.79. The molecule has 7 heteroatoms. The van der Waals surface area contributed by atoms with Gasteiger partial charge in [0.1, 0.15) is 5.85 Å². The molecular formula is C13H31O5PSi. The van der Waals surface area contributed by atoms with Crippen LogP contribution in [0.4, 0.5) is 0 Å². The summed E-state index contributed by atoms with van der Waals surface area (Å²) in [4.78, 5) is 0. The smallest absolute Gasteiger partial charge is 0.358 e. The van der Waals surface area contributed by atoms with E-state index >= 15 is 0 Å². The Balaban J connectivity index is 5.03. The Labute approximate surface area is 125 Å². The van der Waals surface area contributed by atoms with E-state index in [0.29, 0.717) is 6.61 Å². The molecule has 0 aromatic carbocycles. The summed E-state index contributed by atoms with van der Waals surface area (Å²) in [5.41, 5.74) is 0. The molecule has 0 aromatic rings. The van der Waals surface area contributed by atoms with Crippen LogP contribution in [0, 0.1) is 0 Å². The second kappa shape index (κ2) is 8.66. The molecular weight excluding hydrogens is 295 g/mol. The van der Waals surface area contributed by atoms with Crippen molar-refractivity contribution in [3.8, 4) is 0 Å². The van der Waals surface area contributed by atoms with Crippen molar-refractivity contribution in [3.63, 3.8) is 0 Å². The molecule has 0 bridgehead atoms. The molecule has 0 aliphatic heterocycles. The first-order chi connectivity index (χ1) is 9.08. The van der Waals surface area contributed by atoms with Gasteiger partial charge in [-0.1, -0.05) is 6.92 Å². The van der Waals surface area contributed by atoms with Gasteiger partial charge in [-0.25, -0.2) is 0 Å². The van der Waals surface area contributed by atoms with Gasteiger partial charge in [-0.2, -0.15) is 0 Å². The fourth-order valence-corrected chi connectivity index (χ4v) is 6.26. The van der Waals surface area contributed by atoms with E-state index in [1.54, 1.807) is 6.92 Å². The molecule has 2 atom stereocenters. The van der Waals surface area contributed by atoms with Gasteiger partial charge in [0, 0.05) is 6.61 Å². The third-order valence-corrected chi connectivity index (χ3v) is 8.33. The van der Waals surface area contributed by atoms with Crippen LogP contribution in [-0.4, -0.2) is 33.2 Å². The summed E-state index contributed by atoms with van der Waals surface area (Å²) in [6.45, 7) is 15.6. The number of hydrogen-bond acceptors (Lipinski definition) is 5. The topological polar surface area (TPSA) is 54.0 Å².